The van der Waals surface area contributed by atoms with Crippen molar-refractivity contribution >= 4 is 11.5 Å². The molecule has 23 heavy (non-hydrogen) atoms. The van der Waals surface area contributed by atoms with Crippen molar-refractivity contribution in [2.75, 3.05) is 13.6 Å². The van der Waals surface area contributed by atoms with Crippen molar-refractivity contribution < 1.29 is 4.79 Å². The van der Waals surface area contributed by atoms with Crippen LogP contribution >= 0.6 is 0 Å². The van der Waals surface area contributed by atoms with Gasteiger partial charge in [-0.3, -0.25) is 9.79 Å². The van der Waals surface area contributed by atoms with E-state index in [2.05, 4.69) is 56.1 Å². The first kappa shape index (κ1) is 17.9. The number of nitrogens with zero attached hydrogens (tertiary/aromatic N) is 2. The minimum absolute atomic E-state index is 0.338. The van der Waals surface area contributed by atoms with Crippen LogP contribution in [0.5, 0.6) is 0 Å². The van der Waals surface area contributed by atoms with E-state index < -0.39 is 0 Å². The molecular weight excluding hydrogens is 284 g/mol. The van der Waals surface area contributed by atoms with E-state index in [1.165, 1.54) is 11.3 Å². The molecule has 1 aliphatic carbocycles. The van der Waals surface area contributed by atoms with Crippen LogP contribution in [0, 0.1) is 5.92 Å². The summed E-state index contributed by atoms with van der Waals surface area (Å²) in [6, 6.07) is 10.9. The zero-order valence-electron chi connectivity index (χ0n) is 14.8. The number of carbonyl (C=O) groups excluding carboxylic acids is 1. The third-order valence-corrected chi connectivity index (χ3v) is 4.71. The Labute approximate surface area is 140 Å². The second-order valence-corrected chi connectivity index (χ2v) is 6.83. The Morgan fingerprint density at radius 1 is 1.26 bits per heavy atom. The summed E-state index contributed by atoms with van der Waals surface area (Å²) in [4.78, 5) is 18.9. The first-order valence-electron chi connectivity index (χ1n) is 8.89. The summed E-state index contributed by atoms with van der Waals surface area (Å²) in [6.45, 7) is 6.39. The monoisotopic (exact) mass is 314 g/mol. The van der Waals surface area contributed by atoms with Crippen molar-refractivity contribution in [1.82, 2.24) is 4.90 Å². The van der Waals surface area contributed by atoms with Crippen molar-refractivity contribution in [3.05, 3.63) is 35.9 Å². The van der Waals surface area contributed by atoms with Crippen molar-refractivity contribution in [2.24, 2.45) is 10.9 Å². The summed E-state index contributed by atoms with van der Waals surface area (Å²) < 4.78 is 0. The topological polar surface area (TPSA) is 32.7 Å². The van der Waals surface area contributed by atoms with Gasteiger partial charge in [-0.2, -0.15) is 0 Å². The molecule has 126 valence electrons. The van der Waals surface area contributed by atoms with Gasteiger partial charge in [0, 0.05) is 43.6 Å². The normalized spacial score (nSPS) is 21.8. The highest BCUT2D eigenvalue weighted by Gasteiger charge is 2.24. The van der Waals surface area contributed by atoms with Crippen LogP contribution < -0.4 is 0 Å². The van der Waals surface area contributed by atoms with E-state index in [4.69, 9.17) is 4.99 Å². The molecule has 0 aromatic heterocycles. The van der Waals surface area contributed by atoms with Crippen LogP contribution in [0.25, 0.3) is 0 Å². The molecule has 2 unspecified atom stereocenters. The summed E-state index contributed by atoms with van der Waals surface area (Å²) in [6.07, 6.45) is 4.37. The Balaban J connectivity index is 1.80. The lowest BCUT2D eigenvalue weighted by Crippen LogP contribution is -2.27. The van der Waals surface area contributed by atoms with E-state index in [0.717, 1.165) is 32.4 Å². The number of aliphatic imine (C=N–C) groups is 1. The van der Waals surface area contributed by atoms with Crippen LogP contribution in [0.2, 0.25) is 0 Å². The smallest absolute Gasteiger partial charge is 0.133 e. The van der Waals surface area contributed by atoms with Crippen LogP contribution in [0.4, 0.5) is 0 Å². The van der Waals surface area contributed by atoms with Gasteiger partial charge in [0.25, 0.3) is 0 Å². The van der Waals surface area contributed by atoms with E-state index in [-0.39, 0.29) is 0 Å². The fourth-order valence-corrected chi connectivity index (χ4v) is 3.25. The molecule has 0 radical (unpaired) electrons. The number of ketones is 1. The molecule has 0 amide bonds. The fourth-order valence-electron chi connectivity index (χ4n) is 3.25. The van der Waals surface area contributed by atoms with E-state index >= 15 is 0 Å². The first-order valence-corrected chi connectivity index (χ1v) is 8.89. The van der Waals surface area contributed by atoms with E-state index in [1.54, 1.807) is 0 Å². The van der Waals surface area contributed by atoms with Crippen molar-refractivity contribution in [3.8, 4) is 0 Å². The van der Waals surface area contributed by atoms with Gasteiger partial charge in [0.1, 0.15) is 5.78 Å². The van der Waals surface area contributed by atoms with Crippen molar-refractivity contribution in [3.63, 3.8) is 0 Å². The third kappa shape index (κ3) is 5.91. The van der Waals surface area contributed by atoms with Gasteiger partial charge in [-0.15, -0.1) is 0 Å². The molecule has 0 aliphatic heterocycles. The number of Topliss-reactive ketones (excluding diaryl/α,β-unsaturated/α-hetero) is 1. The molecule has 0 bridgehead atoms. The largest absolute Gasteiger partial charge is 0.302 e. The van der Waals surface area contributed by atoms with Crippen LogP contribution in [0.1, 0.15) is 51.5 Å². The molecule has 0 heterocycles. The molecule has 3 heteroatoms. The molecule has 1 aliphatic rings. The Morgan fingerprint density at radius 2 is 2.00 bits per heavy atom. The number of hydrogen-bond donors (Lipinski definition) is 0. The Hall–Kier alpha value is -1.48. The maximum absolute atomic E-state index is 11.6. The Bertz CT molecular complexity index is 524. The zero-order valence-corrected chi connectivity index (χ0v) is 14.8. The van der Waals surface area contributed by atoms with Gasteiger partial charge in [-0.1, -0.05) is 37.3 Å². The molecule has 1 aromatic rings. The predicted molar refractivity (Wildman–Crippen MR) is 96.9 cm³/mol. The first-order chi connectivity index (χ1) is 11.1. The molecule has 0 N–H and O–H groups in total. The summed E-state index contributed by atoms with van der Waals surface area (Å²) in [5.74, 6) is 0.798. The molecular formula is C20H30N2O. The van der Waals surface area contributed by atoms with E-state index in [1.807, 2.05) is 0 Å². The van der Waals surface area contributed by atoms with Crippen LogP contribution in [-0.4, -0.2) is 36.0 Å². The minimum Gasteiger partial charge on any atom is -0.302 e. The molecule has 3 nitrogen and oxygen atoms in total. The number of carbonyl (C=O) groups is 1. The van der Waals surface area contributed by atoms with Gasteiger partial charge < -0.3 is 4.90 Å². The van der Waals surface area contributed by atoms with Gasteiger partial charge in [-0.05, 0) is 38.8 Å². The predicted octanol–water partition coefficient (Wildman–Crippen LogP) is 4.12. The molecule has 2 rings (SSSR count). The highest BCUT2D eigenvalue weighted by Crippen LogP contribution is 2.23. The summed E-state index contributed by atoms with van der Waals surface area (Å²) in [5.41, 5.74) is 2.64. The number of rotatable bonds is 7. The molecule has 1 aromatic carbocycles. The lowest BCUT2D eigenvalue weighted by molar-refractivity contribution is -0.120. The third-order valence-electron chi connectivity index (χ3n) is 4.71. The molecule has 2 atom stereocenters. The molecule has 1 fully saturated rings. The molecule has 0 saturated heterocycles. The van der Waals surface area contributed by atoms with Crippen molar-refractivity contribution in [2.45, 2.75) is 58.5 Å². The lowest BCUT2D eigenvalue weighted by Gasteiger charge is -2.24. The van der Waals surface area contributed by atoms with Gasteiger partial charge in [0.05, 0.1) is 0 Å². The van der Waals surface area contributed by atoms with Gasteiger partial charge in [0.2, 0.25) is 0 Å². The highest BCUT2D eigenvalue weighted by molar-refractivity contribution is 5.97. The van der Waals surface area contributed by atoms with Crippen LogP contribution in [0.15, 0.2) is 35.3 Å². The molecule has 0 spiro atoms. The van der Waals surface area contributed by atoms with E-state index in [0.29, 0.717) is 30.6 Å². The number of hydrogen-bond acceptors (Lipinski definition) is 3. The second kappa shape index (κ2) is 8.97. The van der Waals surface area contributed by atoms with E-state index in [9.17, 15) is 4.79 Å². The van der Waals surface area contributed by atoms with Crippen LogP contribution in [-0.2, 0) is 11.3 Å². The van der Waals surface area contributed by atoms with Gasteiger partial charge in [0.15, 0.2) is 0 Å². The summed E-state index contributed by atoms with van der Waals surface area (Å²) in [5, 5.41) is 0. The number of benzene rings is 1. The SMILES string of the molecule is CCC1CC(=O)CCC1=NC(C)CCN(C)Cc1ccccc1. The van der Waals surface area contributed by atoms with Crippen LogP contribution in [0.3, 0.4) is 0 Å². The summed E-state index contributed by atoms with van der Waals surface area (Å²) in [7, 11) is 2.17. The van der Waals surface area contributed by atoms with Gasteiger partial charge in [-0.25, -0.2) is 0 Å². The zero-order chi connectivity index (χ0) is 16.7. The quantitative estimate of drug-likeness (QED) is 0.758. The highest BCUT2D eigenvalue weighted by atomic mass is 16.1. The van der Waals surface area contributed by atoms with Crippen molar-refractivity contribution in [1.29, 1.82) is 0 Å². The maximum atomic E-state index is 11.6. The average molecular weight is 314 g/mol. The Morgan fingerprint density at radius 3 is 2.70 bits per heavy atom. The maximum Gasteiger partial charge on any atom is 0.133 e. The Kier molecular flexibility index (Phi) is 6.97. The average Bonchev–Trinajstić information content (AvgIpc) is 2.55. The summed E-state index contributed by atoms with van der Waals surface area (Å²) >= 11 is 0. The molecule has 1 saturated carbocycles. The lowest BCUT2D eigenvalue weighted by atomic mass is 9.84. The minimum atomic E-state index is 0.338. The fraction of sp³-hybridized carbons (Fsp3) is 0.600. The second-order valence-electron chi connectivity index (χ2n) is 6.83. The van der Waals surface area contributed by atoms with Gasteiger partial charge >= 0.3 is 0 Å². The standard InChI is InChI=1S/C20H30N2O/c1-4-18-14-19(23)10-11-20(18)21-16(2)12-13-22(3)15-17-8-6-5-7-9-17/h5-9,16,18H,4,10-15H2,1-3H3.